The topological polar surface area (TPSA) is 15.7 Å². The van der Waals surface area contributed by atoms with E-state index in [1.807, 2.05) is 24.3 Å². The summed E-state index contributed by atoms with van der Waals surface area (Å²) in [5.41, 5.74) is 2.71. The molecule has 3 rings (SSSR count). The van der Waals surface area contributed by atoms with Gasteiger partial charge in [-0.3, -0.25) is 4.90 Å². The average Bonchev–Trinajstić information content (AvgIpc) is 2.69. The maximum atomic E-state index is 5.93. The fourth-order valence-corrected chi connectivity index (χ4v) is 3.76. The first-order valence-electron chi connectivity index (χ1n) is 10.0. The molecule has 0 aromatic heterocycles. The van der Waals surface area contributed by atoms with Crippen molar-refractivity contribution >= 4 is 17.3 Å². The van der Waals surface area contributed by atoms with Crippen molar-refractivity contribution in [3.8, 4) is 5.75 Å². The van der Waals surface area contributed by atoms with Crippen molar-refractivity contribution in [3.05, 3.63) is 59.1 Å². The average molecular weight is 387 g/mol. The molecule has 2 aromatic carbocycles. The van der Waals surface area contributed by atoms with E-state index in [0.717, 1.165) is 43.6 Å². The van der Waals surface area contributed by atoms with Crippen LogP contribution in [0.1, 0.15) is 31.7 Å². The minimum atomic E-state index is 0.641. The lowest BCUT2D eigenvalue weighted by Gasteiger charge is -2.32. The molecule has 1 aliphatic rings. The number of piperidine rings is 1. The summed E-state index contributed by atoms with van der Waals surface area (Å²) < 4.78 is 5.93. The molecular formula is C23H31ClN2O. The van der Waals surface area contributed by atoms with E-state index in [9.17, 15) is 0 Å². The summed E-state index contributed by atoms with van der Waals surface area (Å²) in [5.74, 6) is 1.55. The number of rotatable bonds is 8. The molecule has 4 heteroatoms. The molecule has 3 nitrogen and oxygen atoms in total. The molecule has 1 heterocycles. The van der Waals surface area contributed by atoms with Crippen LogP contribution >= 0.6 is 11.6 Å². The third-order valence-corrected chi connectivity index (χ3v) is 5.60. The Labute approximate surface area is 168 Å². The number of anilines is 1. The molecule has 0 bridgehead atoms. The summed E-state index contributed by atoms with van der Waals surface area (Å²) in [7, 11) is 2.16. The Morgan fingerprint density at radius 3 is 2.33 bits per heavy atom. The quantitative estimate of drug-likeness (QED) is 0.597. The van der Waals surface area contributed by atoms with Crippen molar-refractivity contribution in [2.75, 3.05) is 38.2 Å². The van der Waals surface area contributed by atoms with Gasteiger partial charge in [0.1, 0.15) is 5.75 Å². The Balaban J connectivity index is 1.40. The molecule has 1 fully saturated rings. The number of ether oxygens (including phenoxy) is 1. The minimum Gasteiger partial charge on any atom is -0.493 e. The zero-order chi connectivity index (χ0) is 19.1. The van der Waals surface area contributed by atoms with Gasteiger partial charge in [0.05, 0.1) is 6.61 Å². The van der Waals surface area contributed by atoms with Gasteiger partial charge in [0.2, 0.25) is 0 Å². The molecule has 1 aliphatic heterocycles. The van der Waals surface area contributed by atoms with Crippen LogP contribution in [0.3, 0.4) is 0 Å². The van der Waals surface area contributed by atoms with Gasteiger partial charge >= 0.3 is 0 Å². The van der Waals surface area contributed by atoms with Gasteiger partial charge in [-0.05, 0) is 80.2 Å². The van der Waals surface area contributed by atoms with Gasteiger partial charge in [-0.2, -0.15) is 0 Å². The van der Waals surface area contributed by atoms with Gasteiger partial charge < -0.3 is 9.64 Å². The summed E-state index contributed by atoms with van der Waals surface area (Å²) >= 11 is 5.92. The van der Waals surface area contributed by atoms with Crippen LogP contribution in [-0.4, -0.2) is 38.2 Å². The van der Waals surface area contributed by atoms with E-state index >= 15 is 0 Å². The fraction of sp³-hybridized carbons (Fsp3) is 0.478. The zero-order valence-electron chi connectivity index (χ0n) is 16.5. The van der Waals surface area contributed by atoms with Crippen LogP contribution in [0.5, 0.6) is 5.75 Å². The van der Waals surface area contributed by atoms with Crippen molar-refractivity contribution in [1.82, 2.24) is 4.90 Å². The third-order valence-electron chi connectivity index (χ3n) is 5.35. The van der Waals surface area contributed by atoms with E-state index in [1.54, 1.807) is 0 Å². The highest BCUT2D eigenvalue weighted by Crippen LogP contribution is 2.22. The molecule has 0 N–H and O–H groups in total. The second-order valence-corrected chi connectivity index (χ2v) is 8.01. The largest absolute Gasteiger partial charge is 0.493 e. The van der Waals surface area contributed by atoms with Gasteiger partial charge in [0, 0.05) is 30.8 Å². The lowest BCUT2D eigenvalue weighted by molar-refractivity contribution is 0.137. The van der Waals surface area contributed by atoms with Gasteiger partial charge in [-0.1, -0.05) is 30.7 Å². The van der Waals surface area contributed by atoms with Crippen molar-refractivity contribution < 1.29 is 4.74 Å². The number of halogens is 1. The summed E-state index contributed by atoms with van der Waals surface area (Å²) in [5, 5.41) is 0.751. The van der Waals surface area contributed by atoms with Crippen molar-refractivity contribution in [1.29, 1.82) is 0 Å². The van der Waals surface area contributed by atoms with E-state index in [0.29, 0.717) is 5.92 Å². The second kappa shape index (κ2) is 10.0. The van der Waals surface area contributed by atoms with Gasteiger partial charge in [0.15, 0.2) is 0 Å². The molecule has 0 spiro atoms. The first-order chi connectivity index (χ1) is 13.1. The van der Waals surface area contributed by atoms with E-state index in [4.69, 9.17) is 16.3 Å². The fourth-order valence-electron chi connectivity index (χ4n) is 3.63. The molecule has 0 amide bonds. The van der Waals surface area contributed by atoms with Crippen LogP contribution in [-0.2, 0) is 6.54 Å². The van der Waals surface area contributed by atoms with E-state index < -0.39 is 0 Å². The SMILES string of the molecule is CCCN(C)c1ccc(CN2CCC(COc3ccc(Cl)cc3)CC2)cc1. The highest BCUT2D eigenvalue weighted by molar-refractivity contribution is 6.30. The van der Waals surface area contributed by atoms with Crippen molar-refractivity contribution in [2.24, 2.45) is 5.92 Å². The lowest BCUT2D eigenvalue weighted by Crippen LogP contribution is -2.35. The Morgan fingerprint density at radius 1 is 1.04 bits per heavy atom. The summed E-state index contributed by atoms with van der Waals surface area (Å²) in [4.78, 5) is 4.87. The van der Waals surface area contributed by atoms with Crippen molar-refractivity contribution in [3.63, 3.8) is 0 Å². The molecule has 0 unspecified atom stereocenters. The molecule has 0 saturated carbocycles. The Hall–Kier alpha value is -1.71. The molecule has 27 heavy (non-hydrogen) atoms. The molecule has 0 radical (unpaired) electrons. The number of likely N-dealkylation sites (tertiary alicyclic amines) is 1. The predicted molar refractivity (Wildman–Crippen MR) is 115 cm³/mol. The maximum absolute atomic E-state index is 5.93. The number of hydrogen-bond acceptors (Lipinski definition) is 3. The predicted octanol–water partition coefficient (Wildman–Crippen LogP) is 5.48. The van der Waals surface area contributed by atoms with Crippen LogP contribution in [0.2, 0.25) is 5.02 Å². The summed E-state index contributed by atoms with van der Waals surface area (Å²) in [6.07, 6.45) is 3.57. The van der Waals surface area contributed by atoms with Crippen LogP contribution in [0, 0.1) is 5.92 Å². The third kappa shape index (κ3) is 6.15. The van der Waals surface area contributed by atoms with Crippen LogP contribution in [0.4, 0.5) is 5.69 Å². The Kier molecular flexibility index (Phi) is 7.42. The van der Waals surface area contributed by atoms with Crippen LogP contribution < -0.4 is 9.64 Å². The molecule has 0 atom stereocenters. The molecule has 146 valence electrons. The Morgan fingerprint density at radius 2 is 1.70 bits per heavy atom. The zero-order valence-corrected chi connectivity index (χ0v) is 17.3. The first-order valence-corrected chi connectivity index (χ1v) is 10.4. The van der Waals surface area contributed by atoms with Gasteiger partial charge in [-0.15, -0.1) is 0 Å². The van der Waals surface area contributed by atoms with Gasteiger partial charge in [-0.25, -0.2) is 0 Å². The first kappa shape index (κ1) is 20.0. The highest BCUT2D eigenvalue weighted by atomic mass is 35.5. The Bertz CT molecular complexity index is 679. The smallest absolute Gasteiger partial charge is 0.119 e. The van der Waals surface area contributed by atoms with E-state index in [-0.39, 0.29) is 0 Å². The lowest BCUT2D eigenvalue weighted by atomic mass is 9.97. The van der Waals surface area contributed by atoms with Gasteiger partial charge in [0.25, 0.3) is 0 Å². The van der Waals surface area contributed by atoms with E-state index in [2.05, 4.69) is 48.0 Å². The molecule has 2 aromatic rings. The number of benzene rings is 2. The minimum absolute atomic E-state index is 0.641. The summed E-state index contributed by atoms with van der Waals surface area (Å²) in [6, 6.07) is 16.7. The normalized spacial score (nSPS) is 15.7. The molecule has 0 aliphatic carbocycles. The standard InChI is InChI=1S/C23H31ClN2O/c1-3-14-25(2)22-8-4-19(5-9-22)17-26-15-12-20(13-16-26)18-27-23-10-6-21(24)7-11-23/h4-11,20H,3,12-18H2,1-2H3. The van der Waals surface area contributed by atoms with Crippen LogP contribution in [0.25, 0.3) is 0 Å². The number of hydrogen-bond donors (Lipinski definition) is 0. The summed E-state index contributed by atoms with van der Waals surface area (Å²) in [6.45, 7) is 7.45. The molecule has 1 saturated heterocycles. The monoisotopic (exact) mass is 386 g/mol. The second-order valence-electron chi connectivity index (χ2n) is 7.57. The number of nitrogens with zero attached hydrogens (tertiary/aromatic N) is 2. The highest BCUT2D eigenvalue weighted by Gasteiger charge is 2.20. The maximum Gasteiger partial charge on any atom is 0.119 e. The van der Waals surface area contributed by atoms with E-state index in [1.165, 1.54) is 30.5 Å². The molecular weight excluding hydrogens is 356 g/mol. The van der Waals surface area contributed by atoms with Crippen LogP contribution in [0.15, 0.2) is 48.5 Å². The van der Waals surface area contributed by atoms with Crippen molar-refractivity contribution in [2.45, 2.75) is 32.7 Å².